The Kier molecular flexibility index (Phi) is 6.07. The summed E-state index contributed by atoms with van der Waals surface area (Å²) in [6.45, 7) is 3.40. The number of nitrogens with zero attached hydrogens (tertiary/aromatic N) is 3. The molecule has 0 bridgehead atoms. The van der Waals surface area contributed by atoms with Gasteiger partial charge in [-0.1, -0.05) is 0 Å². The smallest absolute Gasteiger partial charge is 0.224 e. The van der Waals surface area contributed by atoms with Crippen molar-refractivity contribution < 1.29 is 4.74 Å². The van der Waals surface area contributed by atoms with Gasteiger partial charge in [0.25, 0.3) is 0 Å². The van der Waals surface area contributed by atoms with Crippen molar-refractivity contribution in [3.8, 4) is 0 Å². The van der Waals surface area contributed by atoms with Crippen molar-refractivity contribution in [1.82, 2.24) is 14.9 Å². The van der Waals surface area contributed by atoms with Crippen LogP contribution >= 0.6 is 11.6 Å². The molecule has 0 aliphatic heterocycles. The maximum absolute atomic E-state index is 5.67. The molecule has 1 N–H and O–H groups in total. The second kappa shape index (κ2) is 7.38. The molecule has 1 heterocycles. The summed E-state index contributed by atoms with van der Waals surface area (Å²) in [5, 5.41) is 3.44. The Bertz CT molecular complexity index is 311. The normalized spacial score (nSPS) is 10.8. The highest BCUT2D eigenvalue weighted by Gasteiger charge is 1.99. The lowest BCUT2D eigenvalue weighted by atomic mass is 10.5. The summed E-state index contributed by atoms with van der Waals surface area (Å²) in [5.41, 5.74) is 0. The quantitative estimate of drug-likeness (QED) is 0.729. The van der Waals surface area contributed by atoms with Gasteiger partial charge >= 0.3 is 0 Å². The lowest BCUT2D eigenvalue weighted by molar-refractivity contribution is 0.163. The molecule has 0 aromatic carbocycles. The molecule has 16 heavy (non-hydrogen) atoms. The first kappa shape index (κ1) is 13.2. The Morgan fingerprint density at radius 3 is 3.00 bits per heavy atom. The molecule has 0 spiro atoms. The van der Waals surface area contributed by atoms with Crippen LogP contribution in [0.15, 0.2) is 12.3 Å². The fourth-order valence-electron chi connectivity index (χ4n) is 1.17. The number of aromatic nitrogens is 2. The van der Waals surface area contributed by atoms with Crippen LogP contribution in [0.4, 0.5) is 5.82 Å². The number of hydrogen-bond acceptors (Lipinski definition) is 5. The molecule has 0 amide bonds. The zero-order valence-electron chi connectivity index (χ0n) is 9.61. The highest BCUT2D eigenvalue weighted by Crippen LogP contribution is 2.04. The van der Waals surface area contributed by atoms with Crippen LogP contribution in [0.2, 0.25) is 5.28 Å². The maximum atomic E-state index is 5.67. The summed E-state index contributed by atoms with van der Waals surface area (Å²) < 4.78 is 4.99. The van der Waals surface area contributed by atoms with Gasteiger partial charge in [0.15, 0.2) is 0 Å². The molecule has 6 heteroatoms. The van der Waals surface area contributed by atoms with Crippen molar-refractivity contribution >= 4 is 17.4 Å². The van der Waals surface area contributed by atoms with Crippen LogP contribution in [0, 0.1) is 0 Å². The number of likely N-dealkylation sites (N-methyl/N-ethyl adjacent to an activating group) is 1. The van der Waals surface area contributed by atoms with E-state index in [2.05, 4.69) is 20.2 Å². The molecule has 1 rings (SSSR count). The lowest BCUT2D eigenvalue weighted by Gasteiger charge is -2.16. The van der Waals surface area contributed by atoms with E-state index in [1.54, 1.807) is 19.4 Å². The Labute approximate surface area is 101 Å². The molecular formula is C10H17ClN4O. The first-order chi connectivity index (χ1) is 7.72. The van der Waals surface area contributed by atoms with Gasteiger partial charge in [0.1, 0.15) is 5.82 Å². The first-order valence-electron chi connectivity index (χ1n) is 5.12. The fourth-order valence-corrected chi connectivity index (χ4v) is 1.31. The minimum Gasteiger partial charge on any atom is -0.383 e. The van der Waals surface area contributed by atoms with E-state index in [1.165, 1.54) is 0 Å². The lowest BCUT2D eigenvalue weighted by Crippen LogP contribution is -2.28. The van der Waals surface area contributed by atoms with Gasteiger partial charge in [-0.25, -0.2) is 9.97 Å². The third-order valence-electron chi connectivity index (χ3n) is 2.10. The van der Waals surface area contributed by atoms with E-state index in [0.717, 1.165) is 32.1 Å². The van der Waals surface area contributed by atoms with Gasteiger partial charge in [-0.05, 0) is 24.7 Å². The van der Waals surface area contributed by atoms with Crippen LogP contribution in [0.25, 0.3) is 0 Å². The third kappa shape index (κ3) is 5.25. The summed E-state index contributed by atoms with van der Waals surface area (Å²) in [4.78, 5) is 10.0. The summed E-state index contributed by atoms with van der Waals surface area (Å²) in [6.07, 6.45) is 1.63. The molecule has 0 aliphatic rings. The van der Waals surface area contributed by atoms with Gasteiger partial charge in [0, 0.05) is 32.9 Å². The number of hydrogen-bond donors (Lipinski definition) is 1. The molecule has 1 aromatic rings. The van der Waals surface area contributed by atoms with Crippen LogP contribution < -0.4 is 5.32 Å². The molecular weight excluding hydrogens is 228 g/mol. The molecule has 0 saturated carbocycles. The molecule has 90 valence electrons. The van der Waals surface area contributed by atoms with E-state index in [9.17, 15) is 0 Å². The molecule has 0 radical (unpaired) electrons. The van der Waals surface area contributed by atoms with Crippen LogP contribution in [-0.2, 0) is 4.74 Å². The van der Waals surface area contributed by atoms with Crippen LogP contribution in [0.1, 0.15) is 0 Å². The number of halogens is 1. The van der Waals surface area contributed by atoms with Crippen molar-refractivity contribution in [2.24, 2.45) is 0 Å². The second-order valence-corrected chi connectivity index (χ2v) is 3.77. The Morgan fingerprint density at radius 2 is 2.31 bits per heavy atom. The second-order valence-electron chi connectivity index (χ2n) is 3.43. The van der Waals surface area contributed by atoms with Crippen molar-refractivity contribution in [3.63, 3.8) is 0 Å². The number of anilines is 1. The summed E-state index contributed by atoms with van der Waals surface area (Å²) in [5.74, 6) is 0.750. The Hall–Kier alpha value is -0.910. The minimum atomic E-state index is 0.262. The summed E-state index contributed by atoms with van der Waals surface area (Å²) >= 11 is 5.67. The highest BCUT2D eigenvalue weighted by atomic mass is 35.5. The molecule has 0 saturated heterocycles. The third-order valence-corrected chi connectivity index (χ3v) is 2.29. The SMILES string of the molecule is COCCN(C)CCNc1ccnc(Cl)n1. The maximum Gasteiger partial charge on any atom is 0.224 e. The number of rotatable bonds is 7. The van der Waals surface area contributed by atoms with Crippen LogP contribution in [-0.4, -0.2) is 55.3 Å². The van der Waals surface area contributed by atoms with Crippen molar-refractivity contribution in [2.45, 2.75) is 0 Å². The number of methoxy groups -OCH3 is 1. The van der Waals surface area contributed by atoms with E-state index >= 15 is 0 Å². The van der Waals surface area contributed by atoms with E-state index < -0.39 is 0 Å². The fraction of sp³-hybridized carbons (Fsp3) is 0.600. The summed E-state index contributed by atoms with van der Waals surface area (Å²) in [7, 11) is 3.75. The molecule has 1 aromatic heterocycles. The zero-order valence-corrected chi connectivity index (χ0v) is 10.4. The largest absolute Gasteiger partial charge is 0.383 e. The van der Waals surface area contributed by atoms with E-state index in [4.69, 9.17) is 16.3 Å². The average molecular weight is 245 g/mol. The minimum absolute atomic E-state index is 0.262. The summed E-state index contributed by atoms with van der Waals surface area (Å²) in [6, 6.07) is 1.79. The monoisotopic (exact) mass is 244 g/mol. The van der Waals surface area contributed by atoms with Crippen molar-refractivity contribution in [2.75, 3.05) is 45.7 Å². The standard InChI is InChI=1S/C10H17ClN4O/c1-15(7-8-16-2)6-5-12-9-3-4-13-10(11)14-9/h3-4H,5-8H2,1-2H3,(H,12,13,14). The van der Waals surface area contributed by atoms with E-state index in [1.807, 2.05) is 7.05 Å². The molecule has 5 nitrogen and oxygen atoms in total. The van der Waals surface area contributed by atoms with Crippen molar-refractivity contribution in [3.05, 3.63) is 17.5 Å². The average Bonchev–Trinajstić information content (AvgIpc) is 2.26. The van der Waals surface area contributed by atoms with Crippen LogP contribution in [0.3, 0.4) is 0 Å². The van der Waals surface area contributed by atoms with Gasteiger partial charge in [-0.3, -0.25) is 0 Å². The van der Waals surface area contributed by atoms with Crippen LogP contribution in [0.5, 0.6) is 0 Å². The molecule has 0 atom stereocenters. The number of nitrogens with one attached hydrogen (secondary N) is 1. The van der Waals surface area contributed by atoms with Gasteiger partial charge in [-0.2, -0.15) is 0 Å². The van der Waals surface area contributed by atoms with Gasteiger partial charge in [-0.15, -0.1) is 0 Å². The van der Waals surface area contributed by atoms with Gasteiger partial charge < -0.3 is 15.0 Å². The van der Waals surface area contributed by atoms with E-state index in [-0.39, 0.29) is 5.28 Å². The Balaban J connectivity index is 2.20. The Morgan fingerprint density at radius 1 is 1.50 bits per heavy atom. The predicted molar refractivity (Wildman–Crippen MR) is 64.9 cm³/mol. The van der Waals surface area contributed by atoms with Gasteiger partial charge in [0.05, 0.1) is 6.61 Å². The molecule has 0 unspecified atom stereocenters. The predicted octanol–water partition coefficient (Wildman–Crippen LogP) is 1.12. The molecule has 0 aliphatic carbocycles. The van der Waals surface area contributed by atoms with Gasteiger partial charge in [0.2, 0.25) is 5.28 Å². The molecule has 0 fully saturated rings. The first-order valence-corrected chi connectivity index (χ1v) is 5.50. The van der Waals surface area contributed by atoms with E-state index in [0.29, 0.717) is 0 Å². The number of ether oxygens (including phenoxy) is 1. The topological polar surface area (TPSA) is 50.3 Å². The highest BCUT2D eigenvalue weighted by molar-refractivity contribution is 6.28. The zero-order chi connectivity index (χ0) is 11.8. The van der Waals surface area contributed by atoms with Crippen molar-refractivity contribution in [1.29, 1.82) is 0 Å².